The largest absolute Gasteiger partial charge is 0.480 e. The number of hydrogen-bond acceptors (Lipinski definition) is 3. The summed E-state index contributed by atoms with van der Waals surface area (Å²) in [6.45, 7) is 0.00569. The van der Waals surface area contributed by atoms with Crippen molar-refractivity contribution in [3.05, 3.63) is 23.2 Å². The lowest BCUT2D eigenvalue weighted by Gasteiger charge is -2.22. The molecule has 1 aliphatic rings. The molecule has 0 spiro atoms. The number of nitrogen functional groups attached to an aromatic ring is 1. The molecule has 4 nitrogen and oxygen atoms in total. The highest BCUT2D eigenvalue weighted by Crippen LogP contribution is 2.33. The number of nitrogens with zero attached hydrogens (tertiary/aromatic N) is 1. The fraction of sp³-hybridized carbons (Fsp3) is 0.364. The Hall–Kier alpha value is -1.42. The van der Waals surface area contributed by atoms with Crippen LogP contribution in [-0.4, -0.2) is 23.7 Å². The van der Waals surface area contributed by atoms with Crippen LogP contribution in [-0.2, 0) is 4.79 Å². The summed E-state index contributed by atoms with van der Waals surface area (Å²) in [6, 6.07) is 5.56. The molecule has 0 radical (unpaired) electrons. The molecule has 86 valence electrons. The van der Waals surface area contributed by atoms with Gasteiger partial charge >= 0.3 is 5.97 Å². The summed E-state index contributed by atoms with van der Waals surface area (Å²) in [7, 11) is 0. The standard InChI is InChI=1S/C11H13ClN2O2/c12-9-4-3-8(5-10(9)13)14(6-11(15)16)7-1-2-7/h3-5,7H,1-2,6,13H2,(H,15,16). The predicted octanol–water partition coefficient (Wildman–Crippen LogP) is 1.98. The minimum absolute atomic E-state index is 0.00569. The highest BCUT2D eigenvalue weighted by molar-refractivity contribution is 6.33. The van der Waals surface area contributed by atoms with E-state index in [2.05, 4.69) is 0 Å². The fourth-order valence-corrected chi connectivity index (χ4v) is 1.79. The van der Waals surface area contributed by atoms with Crippen molar-refractivity contribution in [2.24, 2.45) is 0 Å². The quantitative estimate of drug-likeness (QED) is 0.790. The van der Waals surface area contributed by atoms with Crippen LogP contribution in [0.5, 0.6) is 0 Å². The smallest absolute Gasteiger partial charge is 0.323 e. The van der Waals surface area contributed by atoms with Crippen LogP contribution in [0.1, 0.15) is 12.8 Å². The number of nitrogens with two attached hydrogens (primary N) is 1. The third-order valence-electron chi connectivity index (χ3n) is 2.60. The van der Waals surface area contributed by atoms with Gasteiger partial charge in [0.25, 0.3) is 0 Å². The first-order valence-electron chi connectivity index (χ1n) is 5.11. The molecule has 1 saturated carbocycles. The van der Waals surface area contributed by atoms with E-state index in [4.69, 9.17) is 22.4 Å². The van der Waals surface area contributed by atoms with Crippen LogP contribution in [0, 0.1) is 0 Å². The summed E-state index contributed by atoms with van der Waals surface area (Å²) < 4.78 is 0. The predicted molar refractivity (Wildman–Crippen MR) is 63.9 cm³/mol. The van der Waals surface area contributed by atoms with Crippen LogP contribution in [0.4, 0.5) is 11.4 Å². The number of rotatable bonds is 4. The summed E-state index contributed by atoms with van der Waals surface area (Å²) in [4.78, 5) is 12.6. The SMILES string of the molecule is Nc1cc(N(CC(=O)O)C2CC2)ccc1Cl. The Bertz CT molecular complexity index is 418. The van der Waals surface area contributed by atoms with Crippen LogP contribution in [0.25, 0.3) is 0 Å². The van der Waals surface area contributed by atoms with Crippen molar-refractivity contribution in [3.63, 3.8) is 0 Å². The average molecular weight is 241 g/mol. The van der Waals surface area contributed by atoms with Crippen molar-refractivity contribution in [3.8, 4) is 0 Å². The van der Waals surface area contributed by atoms with Gasteiger partial charge in [-0.15, -0.1) is 0 Å². The van der Waals surface area contributed by atoms with Crippen molar-refractivity contribution >= 4 is 28.9 Å². The minimum Gasteiger partial charge on any atom is -0.480 e. The summed E-state index contributed by atoms with van der Waals surface area (Å²) in [6.07, 6.45) is 2.08. The third-order valence-corrected chi connectivity index (χ3v) is 2.95. The van der Waals surface area contributed by atoms with E-state index in [9.17, 15) is 4.79 Å². The lowest BCUT2D eigenvalue weighted by molar-refractivity contribution is -0.135. The van der Waals surface area contributed by atoms with E-state index in [0.717, 1.165) is 18.5 Å². The fourth-order valence-electron chi connectivity index (χ4n) is 1.67. The molecule has 0 aliphatic heterocycles. The number of aliphatic carboxylic acids is 1. The van der Waals surface area contributed by atoms with Crippen LogP contribution >= 0.6 is 11.6 Å². The van der Waals surface area contributed by atoms with Gasteiger partial charge in [-0.25, -0.2) is 0 Å². The Labute approximate surface area is 98.6 Å². The number of anilines is 2. The van der Waals surface area contributed by atoms with E-state index in [-0.39, 0.29) is 6.54 Å². The van der Waals surface area contributed by atoms with Gasteiger partial charge < -0.3 is 15.7 Å². The highest BCUT2D eigenvalue weighted by Gasteiger charge is 2.30. The van der Waals surface area contributed by atoms with Crippen LogP contribution < -0.4 is 10.6 Å². The maximum absolute atomic E-state index is 10.8. The van der Waals surface area contributed by atoms with Gasteiger partial charge in [0.1, 0.15) is 6.54 Å². The number of carboxylic acid groups (broad SMARTS) is 1. The monoisotopic (exact) mass is 240 g/mol. The van der Waals surface area contributed by atoms with Crippen molar-refractivity contribution in [2.45, 2.75) is 18.9 Å². The van der Waals surface area contributed by atoms with Gasteiger partial charge in [-0.1, -0.05) is 11.6 Å². The summed E-state index contributed by atoms with van der Waals surface area (Å²) in [5.74, 6) is -0.833. The molecule has 16 heavy (non-hydrogen) atoms. The number of hydrogen-bond donors (Lipinski definition) is 2. The molecule has 0 aromatic heterocycles. The molecule has 1 aromatic rings. The second-order valence-electron chi connectivity index (χ2n) is 3.96. The Morgan fingerprint density at radius 1 is 1.56 bits per heavy atom. The first-order chi connectivity index (χ1) is 7.58. The van der Waals surface area contributed by atoms with E-state index in [1.807, 2.05) is 4.90 Å². The first kappa shape index (κ1) is 11.1. The first-order valence-corrected chi connectivity index (χ1v) is 5.49. The topological polar surface area (TPSA) is 66.6 Å². The van der Waals surface area contributed by atoms with Gasteiger partial charge in [0.15, 0.2) is 0 Å². The van der Waals surface area contributed by atoms with Crippen LogP contribution in [0.3, 0.4) is 0 Å². The molecule has 3 N–H and O–H groups in total. The van der Waals surface area contributed by atoms with Crippen LogP contribution in [0.15, 0.2) is 18.2 Å². The van der Waals surface area contributed by atoms with Crippen molar-refractivity contribution < 1.29 is 9.90 Å². The molecule has 0 heterocycles. The van der Waals surface area contributed by atoms with Crippen molar-refractivity contribution in [1.82, 2.24) is 0 Å². The molecular weight excluding hydrogens is 228 g/mol. The zero-order chi connectivity index (χ0) is 11.7. The van der Waals surface area contributed by atoms with E-state index >= 15 is 0 Å². The normalized spacial score (nSPS) is 14.8. The van der Waals surface area contributed by atoms with Gasteiger partial charge in [0.2, 0.25) is 0 Å². The molecule has 1 aliphatic carbocycles. The number of benzene rings is 1. The van der Waals surface area contributed by atoms with E-state index < -0.39 is 5.97 Å². The molecule has 0 atom stereocenters. The van der Waals surface area contributed by atoms with Gasteiger partial charge in [-0.2, -0.15) is 0 Å². The molecule has 0 bridgehead atoms. The van der Waals surface area contributed by atoms with Crippen molar-refractivity contribution in [2.75, 3.05) is 17.2 Å². The highest BCUT2D eigenvalue weighted by atomic mass is 35.5. The lowest BCUT2D eigenvalue weighted by Crippen LogP contribution is -2.31. The maximum atomic E-state index is 10.8. The molecule has 1 fully saturated rings. The zero-order valence-corrected chi connectivity index (χ0v) is 9.44. The molecular formula is C11H13ClN2O2. The Morgan fingerprint density at radius 2 is 2.25 bits per heavy atom. The number of carbonyl (C=O) groups is 1. The summed E-state index contributed by atoms with van der Waals surface area (Å²) >= 11 is 5.83. The Kier molecular flexibility index (Phi) is 2.92. The Morgan fingerprint density at radius 3 is 2.75 bits per heavy atom. The van der Waals surface area contributed by atoms with Gasteiger partial charge in [-0.05, 0) is 31.0 Å². The summed E-state index contributed by atoms with van der Waals surface area (Å²) in [5.41, 5.74) is 7.01. The van der Waals surface area contributed by atoms with E-state index in [1.54, 1.807) is 18.2 Å². The molecule has 0 amide bonds. The second kappa shape index (κ2) is 4.22. The number of carboxylic acids is 1. The summed E-state index contributed by atoms with van der Waals surface area (Å²) in [5, 5.41) is 9.34. The van der Waals surface area contributed by atoms with E-state index in [0.29, 0.717) is 16.8 Å². The maximum Gasteiger partial charge on any atom is 0.323 e. The molecule has 2 rings (SSSR count). The third kappa shape index (κ3) is 2.39. The molecule has 0 unspecified atom stereocenters. The molecule has 5 heteroatoms. The zero-order valence-electron chi connectivity index (χ0n) is 8.69. The average Bonchev–Trinajstić information content (AvgIpc) is 3.02. The van der Waals surface area contributed by atoms with Crippen LogP contribution in [0.2, 0.25) is 5.02 Å². The number of halogens is 1. The lowest BCUT2D eigenvalue weighted by atomic mass is 10.2. The second-order valence-corrected chi connectivity index (χ2v) is 4.37. The molecule has 0 saturated heterocycles. The van der Waals surface area contributed by atoms with Gasteiger partial charge in [-0.3, -0.25) is 4.79 Å². The van der Waals surface area contributed by atoms with Gasteiger partial charge in [0, 0.05) is 11.7 Å². The van der Waals surface area contributed by atoms with E-state index in [1.165, 1.54) is 0 Å². The van der Waals surface area contributed by atoms with Crippen molar-refractivity contribution in [1.29, 1.82) is 0 Å². The Balaban J connectivity index is 2.24. The molecule has 1 aromatic carbocycles. The minimum atomic E-state index is -0.833. The van der Waals surface area contributed by atoms with Gasteiger partial charge in [0.05, 0.1) is 10.7 Å².